The van der Waals surface area contributed by atoms with Gasteiger partial charge in [0.25, 0.3) is 0 Å². The molecule has 166 valence electrons. The van der Waals surface area contributed by atoms with Crippen molar-refractivity contribution in [3.05, 3.63) is 99.2 Å². The van der Waals surface area contributed by atoms with E-state index in [4.69, 9.17) is 37.4 Å². The molecule has 0 amide bonds. The molecule has 1 heterocycles. The van der Waals surface area contributed by atoms with Crippen LogP contribution in [0.1, 0.15) is 28.4 Å². The van der Waals surface area contributed by atoms with Crippen LogP contribution >= 0.6 is 23.2 Å². The van der Waals surface area contributed by atoms with Crippen molar-refractivity contribution >= 4 is 47.1 Å². The summed E-state index contributed by atoms with van der Waals surface area (Å²) in [6.45, 7) is 2.10. The molecule has 0 atom stereocenters. The van der Waals surface area contributed by atoms with Crippen LogP contribution in [0.3, 0.4) is 0 Å². The van der Waals surface area contributed by atoms with Crippen molar-refractivity contribution in [2.45, 2.75) is 6.92 Å². The van der Waals surface area contributed by atoms with Gasteiger partial charge in [-0.3, -0.25) is 0 Å². The summed E-state index contributed by atoms with van der Waals surface area (Å²) in [4.78, 5) is 29.1. The van der Waals surface area contributed by atoms with Crippen LogP contribution in [0.15, 0.2) is 77.4 Å². The first-order valence-corrected chi connectivity index (χ1v) is 10.7. The van der Waals surface area contributed by atoms with Gasteiger partial charge in [-0.25, -0.2) is 14.6 Å². The maximum Gasteiger partial charge on any atom is 0.363 e. The molecule has 0 radical (unpaired) electrons. The summed E-state index contributed by atoms with van der Waals surface area (Å²) >= 11 is 12.6. The minimum atomic E-state index is -0.626. The van der Waals surface area contributed by atoms with Gasteiger partial charge in [0.15, 0.2) is 17.2 Å². The van der Waals surface area contributed by atoms with Crippen LogP contribution in [0.4, 0.5) is 0 Å². The molecule has 0 aromatic heterocycles. The van der Waals surface area contributed by atoms with Crippen molar-refractivity contribution in [2.24, 2.45) is 4.99 Å². The topological polar surface area (TPSA) is 74.2 Å². The molecule has 3 aromatic rings. The van der Waals surface area contributed by atoms with E-state index in [1.54, 1.807) is 73.7 Å². The molecular weight excluding hydrogens is 465 g/mol. The van der Waals surface area contributed by atoms with Gasteiger partial charge in [0, 0.05) is 0 Å². The predicted octanol–water partition coefficient (Wildman–Crippen LogP) is 5.96. The standard InChI is InChI=1S/C25H17Cl2NO5/c1-2-31-21-14-15(12-19(27)22(21)32-24(29)16-8-4-3-5-9-16)13-20-25(30)33-23(28-20)17-10-6-7-11-18(17)26/h3-14H,2H2,1H3/b20-13-. The highest BCUT2D eigenvalue weighted by atomic mass is 35.5. The van der Waals surface area contributed by atoms with Gasteiger partial charge >= 0.3 is 11.9 Å². The lowest BCUT2D eigenvalue weighted by molar-refractivity contribution is -0.129. The van der Waals surface area contributed by atoms with Crippen molar-refractivity contribution in [1.82, 2.24) is 0 Å². The minimum absolute atomic E-state index is 0.0671. The second-order valence-corrected chi connectivity index (χ2v) is 7.65. The number of rotatable bonds is 6. The Morgan fingerprint density at radius 2 is 1.76 bits per heavy atom. The molecule has 8 heteroatoms. The molecule has 0 saturated heterocycles. The van der Waals surface area contributed by atoms with E-state index in [0.29, 0.717) is 28.3 Å². The Hall–Kier alpha value is -3.61. The Balaban J connectivity index is 1.66. The third-order valence-corrected chi connectivity index (χ3v) is 5.17. The summed E-state index contributed by atoms with van der Waals surface area (Å²) in [7, 11) is 0. The molecule has 0 saturated carbocycles. The SMILES string of the molecule is CCOc1cc(/C=C2\N=C(c3ccccc3Cl)OC2=O)cc(Cl)c1OC(=O)c1ccccc1. The van der Waals surface area contributed by atoms with E-state index in [1.807, 2.05) is 0 Å². The van der Waals surface area contributed by atoms with Crippen LogP contribution in [0.25, 0.3) is 6.08 Å². The van der Waals surface area contributed by atoms with Gasteiger partial charge < -0.3 is 14.2 Å². The van der Waals surface area contributed by atoms with E-state index >= 15 is 0 Å². The fraction of sp³-hybridized carbons (Fsp3) is 0.0800. The largest absolute Gasteiger partial charge is 0.490 e. The number of hydrogen-bond donors (Lipinski definition) is 0. The Labute approximate surface area is 200 Å². The van der Waals surface area contributed by atoms with Crippen molar-refractivity contribution in [2.75, 3.05) is 6.61 Å². The van der Waals surface area contributed by atoms with E-state index in [0.717, 1.165) is 0 Å². The summed E-state index contributed by atoms with van der Waals surface area (Å²) in [6.07, 6.45) is 1.50. The van der Waals surface area contributed by atoms with Crippen molar-refractivity contribution < 1.29 is 23.8 Å². The van der Waals surface area contributed by atoms with Gasteiger partial charge in [0.05, 0.1) is 27.8 Å². The number of halogens is 2. The molecule has 3 aromatic carbocycles. The third-order valence-electron chi connectivity index (χ3n) is 4.56. The lowest BCUT2D eigenvalue weighted by Crippen LogP contribution is -2.10. The molecule has 0 unspecified atom stereocenters. The fourth-order valence-electron chi connectivity index (χ4n) is 3.08. The Kier molecular flexibility index (Phi) is 6.77. The van der Waals surface area contributed by atoms with Crippen LogP contribution in [-0.2, 0) is 9.53 Å². The normalized spacial score (nSPS) is 14.1. The maximum absolute atomic E-state index is 12.5. The van der Waals surface area contributed by atoms with E-state index in [1.165, 1.54) is 6.08 Å². The zero-order chi connectivity index (χ0) is 23.4. The molecule has 1 aliphatic rings. The summed E-state index contributed by atoms with van der Waals surface area (Å²) in [5.74, 6) is -0.746. The van der Waals surface area contributed by atoms with Gasteiger partial charge in [0.1, 0.15) is 0 Å². The first-order chi connectivity index (χ1) is 16.0. The third kappa shape index (κ3) is 5.08. The second-order valence-electron chi connectivity index (χ2n) is 6.83. The monoisotopic (exact) mass is 481 g/mol. The highest BCUT2D eigenvalue weighted by Gasteiger charge is 2.26. The summed E-state index contributed by atoms with van der Waals surface area (Å²) in [5, 5.41) is 0.551. The second kappa shape index (κ2) is 9.90. The van der Waals surface area contributed by atoms with Gasteiger partial charge in [-0.1, -0.05) is 53.5 Å². The van der Waals surface area contributed by atoms with Gasteiger partial charge in [-0.15, -0.1) is 0 Å². The Bertz CT molecular complexity index is 1290. The van der Waals surface area contributed by atoms with Crippen LogP contribution in [0.2, 0.25) is 10.0 Å². The number of carbonyl (C=O) groups excluding carboxylic acids is 2. The molecule has 0 spiro atoms. The van der Waals surface area contributed by atoms with Crippen molar-refractivity contribution in [3.8, 4) is 11.5 Å². The number of nitrogens with zero attached hydrogens (tertiary/aromatic N) is 1. The maximum atomic E-state index is 12.5. The Morgan fingerprint density at radius 3 is 2.48 bits per heavy atom. The highest BCUT2D eigenvalue weighted by molar-refractivity contribution is 6.34. The molecular formula is C25H17Cl2NO5. The average molecular weight is 482 g/mol. The van der Waals surface area contributed by atoms with E-state index in [9.17, 15) is 9.59 Å². The van der Waals surface area contributed by atoms with Crippen LogP contribution in [0, 0.1) is 0 Å². The van der Waals surface area contributed by atoms with Crippen molar-refractivity contribution in [3.63, 3.8) is 0 Å². The summed E-state index contributed by atoms with van der Waals surface area (Å²) in [5.41, 5.74) is 1.46. The molecule has 0 N–H and O–H groups in total. The molecule has 1 aliphatic heterocycles. The van der Waals surface area contributed by atoms with Gasteiger partial charge in [-0.05, 0) is 55.0 Å². The lowest BCUT2D eigenvalue weighted by atomic mass is 10.1. The number of esters is 2. The molecule has 0 fully saturated rings. The average Bonchev–Trinajstić information content (AvgIpc) is 3.17. The number of ether oxygens (including phenoxy) is 3. The van der Waals surface area contributed by atoms with Gasteiger partial charge in [0.2, 0.25) is 5.90 Å². The van der Waals surface area contributed by atoms with Crippen LogP contribution in [-0.4, -0.2) is 24.4 Å². The number of cyclic esters (lactones) is 1. The van der Waals surface area contributed by atoms with Gasteiger partial charge in [-0.2, -0.15) is 0 Å². The number of benzene rings is 3. The molecule has 0 bridgehead atoms. The zero-order valence-corrected chi connectivity index (χ0v) is 18.9. The first kappa shape index (κ1) is 22.6. The Morgan fingerprint density at radius 1 is 1.03 bits per heavy atom. The number of carbonyl (C=O) groups is 2. The van der Waals surface area contributed by atoms with E-state index < -0.39 is 11.9 Å². The number of hydrogen-bond acceptors (Lipinski definition) is 6. The predicted molar refractivity (Wildman–Crippen MR) is 126 cm³/mol. The summed E-state index contributed by atoms with van der Waals surface area (Å²) < 4.78 is 16.4. The highest BCUT2D eigenvalue weighted by Crippen LogP contribution is 2.38. The quantitative estimate of drug-likeness (QED) is 0.246. The van der Waals surface area contributed by atoms with E-state index in [2.05, 4.69) is 4.99 Å². The fourth-order valence-corrected chi connectivity index (χ4v) is 3.55. The molecule has 0 aliphatic carbocycles. The number of aliphatic imine (C=N–C) groups is 1. The van der Waals surface area contributed by atoms with Crippen LogP contribution < -0.4 is 9.47 Å². The van der Waals surface area contributed by atoms with E-state index in [-0.39, 0.29) is 28.1 Å². The molecule has 33 heavy (non-hydrogen) atoms. The lowest BCUT2D eigenvalue weighted by Gasteiger charge is -2.13. The van der Waals surface area contributed by atoms with Crippen molar-refractivity contribution in [1.29, 1.82) is 0 Å². The van der Waals surface area contributed by atoms with Crippen LogP contribution in [0.5, 0.6) is 11.5 Å². The molecule has 6 nitrogen and oxygen atoms in total. The smallest absolute Gasteiger partial charge is 0.363 e. The zero-order valence-electron chi connectivity index (χ0n) is 17.4. The first-order valence-electron chi connectivity index (χ1n) is 9.97. The molecule has 4 rings (SSSR count). The summed E-state index contributed by atoms with van der Waals surface area (Å²) in [6, 6.07) is 18.6. The minimum Gasteiger partial charge on any atom is -0.490 e.